The van der Waals surface area contributed by atoms with Crippen LogP contribution in [0.3, 0.4) is 0 Å². The molecule has 240 valence electrons. The Morgan fingerprint density at radius 3 is 1.23 bits per heavy atom. The first-order chi connectivity index (χ1) is 19.3. The van der Waals surface area contributed by atoms with Crippen LogP contribution >= 0.6 is 23.5 Å². The quantitative estimate of drug-likeness (QED) is 0.136. The average Bonchev–Trinajstić information content (AvgIpc) is 2.79. The summed E-state index contributed by atoms with van der Waals surface area (Å²) in [7, 11) is 1.62. The second-order valence-corrected chi connectivity index (χ2v) is 19.5. The topological polar surface area (TPSA) is 64.6 Å². The highest BCUT2D eigenvalue weighted by Crippen LogP contribution is 2.51. The van der Waals surface area contributed by atoms with Crippen molar-refractivity contribution in [3.05, 3.63) is 46.5 Å². The molecule has 0 radical (unpaired) electrons. The van der Waals surface area contributed by atoms with Gasteiger partial charge in [-0.25, -0.2) is 0 Å². The number of nitrogens with one attached hydrogen (secondary N) is 1. The van der Waals surface area contributed by atoms with E-state index in [-0.39, 0.29) is 44.2 Å². The van der Waals surface area contributed by atoms with Gasteiger partial charge in [-0.15, -0.1) is 23.5 Å². The largest absolute Gasteiger partial charge is 0.483 e. The normalized spacial score (nSPS) is 13.1. The summed E-state index contributed by atoms with van der Waals surface area (Å²) in [5.41, 5.74) is 3.41. The number of benzene rings is 2. The third kappa shape index (κ3) is 10.2. The van der Waals surface area contributed by atoms with Crippen molar-refractivity contribution in [2.45, 2.75) is 139 Å². The molecule has 1 N–H and O–H groups in total. The van der Waals surface area contributed by atoms with Crippen LogP contribution in [0.15, 0.2) is 34.1 Å². The summed E-state index contributed by atoms with van der Waals surface area (Å²) in [5, 5.41) is 2.66. The lowest BCUT2D eigenvalue weighted by atomic mass is 9.79. The van der Waals surface area contributed by atoms with Crippen LogP contribution in [0, 0.1) is 0 Å². The third-order valence-corrected chi connectivity index (χ3v) is 9.38. The first kappa shape index (κ1) is 37.1. The minimum atomic E-state index is -0.306. The summed E-state index contributed by atoms with van der Waals surface area (Å²) in [6, 6.07) is 8.84. The molecule has 2 rings (SSSR count). The molecule has 0 aliphatic heterocycles. The molecule has 7 heteroatoms. The van der Waals surface area contributed by atoms with Gasteiger partial charge in [0.2, 0.25) is 0 Å². The van der Waals surface area contributed by atoms with E-state index in [1.807, 2.05) is 23.5 Å². The summed E-state index contributed by atoms with van der Waals surface area (Å²) in [5.74, 6) is 1.02. The van der Waals surface area contributed by atoms with Gasteiger partial charge in [-0.1, -0.05) is 83.1 Å². The predicted octanol–water partition coefficient (Wildman–Crippen LogP) is 9.55. The molecule has 1 amide bonds. The maximum atomic E-state index is 12.1. The number of likely N-dealkylation sites (N-methyl/N-ethyl adjacent to an activating group) is 1. The molecule has 0 atom stereocenters. The van der Waals surface area contributed by atoms with Crippen molar-refractivity contribution in [1.29, 1.82) is 0 Å². The molecule has 5 nitrogen and oxygen atoms in total. The van der Waals surface area contributed by atoms with Crippen molar-refractivity contribution in [3.8, 4) is 11.5 Å². The molecule has 0 spiro atoms. The van der Waals surface area contributed by atoms with E-state index in [9.17, 15) is 9.59 Å². The number of carbonyl (C=O) groups is 2. The van der Waals surface area contributed by atoms with E-state index in [4.69, 9.17) is 9.47 Å². The van der Waals surface area contributed by atoms with Crippen LogP contribution in [0.2, 0.25) is 0 Å². The van der Waals surface area contributed by atoms with Crippen molar-refractivity contribution in [1.82, 2.24) is 5.32 Å². The van der Waals surface area contributed by atoms with Gasteiger partial charge in [-0.2, -0.15) is 0 Å². The van der Waals surface area contributed by atoms with Crippen molar-refractivity contribution < 1.29 is 19.1 Å². The van der Waals surface area contributed by atoms with Gasteiger partial charge in [0.1, 0.15) is 11.5 Å². The Labute approximate surface area is 270 Å². The molecule has 43 heavy (non-hydrogen) atoms. The highest BCUT2D eigenvalue weighted by Gasteiger charge is 2.33. The summed E-state index contributed by atoms with van der Waals surface area (Å²) in [4.78, 5) is 26.5. The van der Waals surface area contributed by atoms with Gasteiger partial charge in [0.05, 0.1) is 4.08 Å². The minimum absolute atomic E-state index is 0.0218. The smallest absolute Gasteiger partial charge is 0.308 e. The Morgan fingerprint density at radius 2 is 0.953 bits per heavy atom. The van der Waals surface area contributed by atoms with E-state index in [1.54, 1.807) is 7.05 Å². The molecule has 0 aromatic heterocycles. The molecular weight excluding hydrogens is 575 g/mol. The number of rotatable bonds is 8. The molecule has 0 saturated heterocycles. The SMILES string of the molecule is CNC(=O)COc1c(C(C)(C)C)cc(SC(C)(C)Sc2cc(C(C)(C)C)c(OC(C)=O)c(C(C)(C)C)c2)cc1C(C)(C)C. The standard InChI is InChI=1S/C36H55NO4S2/c1-22(38)41-31-27(34(8,9)10)19-24(20-28(31)35(11,12)13)43-36(14,15)42-23-17-25(32(2,3)4)30(40-21-29(39)37-16)26(18-23)33(5,6)7/h17-20H,21H2,1-16H3,(H,37,39). The van der Waals surface area contributed by atoms with Crippen molar-refractivity contribution in [2.24, 2.45) is 0 Å². The fourth-order valence-electron chi connectivity index (χ4n) is 4.76. The van der Waals surface area contributed by atoms with Crippen molar-refractivity contribution in [3.63, 3.8) is 0 Å². The molecule has 2 aromatic rings. The van der Waals surface area contributed by atoms with E-state index in [1.165, 1.54) is 6.92 Å². The Bertz CT molecular complexity index is 1260. The highest BCUT2D eigenvalue weighted by molar-refractivity contribution is 8.18. The first-order valence-corrected chi connectivity index (χ1v) is 16.7. The molecule has 0 unspecified atom stereocenters. The zero-order chi connectivity index (χ0) is 33.3. The number of amides is 1. The molecule has 0 fully saturated rings. The van der Waals surface area contributed by atoms with E-state index in [0.29, 0.717) is 5.75 Å². The molecular formula is C36H55NO4S2. The number of thioether (sulfide) groups is 2. The van der Waals surface area contributed by atoms with E-state index >= 15 is 0 Å². The number of ether oxygens (including phenoxy) is 2. The van der Waals surface area contributed by atoms with Crippen molar-refractivity contribution >= 4 is 35.4 Å². The van der Waals surface area contributed by atoms with Crippen LogP contribution in [-0.4, -0.2) is 29.6 Å². The summed E-state index contributed by atoms with van der Waals surface area (Å²) in [6.07, 6.45) is 0. The van der Waals surface area contributed by atoms with Gasteiger partial charge < -0.3 is 14.8 Å². The third-order valence-electron chi connectivity index (χ3n) is 6.96. The first-order valence-electron chi connectivity index (χ1n) is 15.0. The summed E-state index contributed by atoms with van der Waals surface area (Å²) >= 11 is 3.64. The number of hydrogen-bond acceptors (Lipinski definition) is 6. The van der Waals surface area contributed by atoms with Crippen LogP contribution in [0.1, 0.15) is 126 Å². The number of hydrogen-bond donors (Lipinski definition) is 1. The molecule has 0 aliphatic carbocycles. The number of carbonyl (C=O) groups excluding carboxylic acids is 2. The van der Waals surface area contributed by atoms with Crippen LogP contribution in [-0.2, 0) is 31.2 Å². The zero-order valence-corrected chi connectivity index (χ0v) is 31.1. The molecule has 0 heterocycles. The lowest BCUT2D eigenvalue weighted by Crippen LogP contribution is -2.27. The monoisotopic (exact) mass is 629 g/mol. The molecule has 2 aromatic carbocycles. The molecule has 0 bridgehead atoms. The Hall–Kier alpha value is -2.12. The van der Waals surface area contributed by atoms with Crippen molar-refractivity contribution in [2.75, 3.05) is 13.7 Å². The van der Waals surface area contributed by atoms with Crippen LogP contribution in [0.4, 0.5) is 0 Å². The zero-order valence-electron chi connectivity index (χ0n) is 29.5. The van der Waals surface area contributed by atoms with E-state index < -0.39 is 0 Å². The maximum absolute atomic E-state index is 12.1. The van der Waals surface area contributed by atoms with Crippen LogP contribution < -0.4 is 14.8 Å². The maximum Gasteiger partial charge on any atom is 0.308 e. The van der Waals surface area contributed by atoms with E-state index in [0.717, 1.165) is 37.8 Å². The minimum Gasteiger partial charge on any atom is -0.483 e. The second-order valence-electron chi connectivity index (χ2n) is 15.9. The molecule has 0 aliphatic rings. The fraction of sp³-hybridized carbons (Fsp3) is 0.611. The second kappa shape index (κ2) is 13.1. The lowest BCUT2D eigenvalue weighted by Gasteiger charge is -2.33. The van der Waals surface area contributed by atoms with E-state index in [2.05, 4.69) is 127 Å². The Kier molecular flexibility index (Phi) is 11.3. The van der Waals surface area contributed by atoms with Gasteiger partial charge in [0.25, 0.3) is 5.91 Å². The van der Waals surface area contributed by atoms with Crippen LogP contribution in [0.25, 0.3) is 0 Å². The molecule has 0 saturated carbocycles. The van der Waals surface area contributed by atoms with Gasteiger partial charge >= 0.3 is 5.97 Å². The van der Waals surface area contributed by atoms with Gasteiger partial charge in [0.15, 0.2) is 6.61 Å². The highest BCUT2D eigenvalue weighted by atomic mass is 32.2. The number of esters is 1. The summed E-state index contributed by atoms with van der Waals surface area (Å²) in [6.45, 7) is 32.0. The summed E-state index contributed by atoms with van der Waals surface area (Å²) < 4.78 is 11.8. The fourth-order valence-corrected chi connectivity index (χ4v) is 7.34. The van der Waals surface area contributed by atoms with Gasteiger partial charge in [-0.05, 0) is 59.8 Å². The predicted molar refractivity (Wildman–Crippen MR) is 184 cm³/mol. The van der Waals surface area contributed by atoms with Crippen LogP contribution in [0.5, 0.6) is 11.5 Å². The average molecular weight is 630 g/mol. The van der Waals surface area contributed by atoms with Gasteiger partial charge in [-0.3, -0.25) is 9.59 Å². The Morgan fingerprint density at radius 1 is 0.628 bits per heavy atom. The van der Waals surface area contributed by atoms with Gasteiger partial charge in [0, 0.05) is 46.0 Å². The lowest BCUT2D eigenvalue weighted by molar-refractivity contribution is -0.132. The Balaban J connectivity index is 2.67.